The zero-order valence-electron chi connectivity index (χ0n) is 20.8. The Kier molecular flexibility index (Phi) is 6.62. The summed E-state index contributed by atoms with van der Waals surface area (Å²) in [5.74, 6) is -0.947. The Balaban J connectivity index is 1.30. The quantitative estimate of drug-likeness (QED) is 0.606. The largest absolute Gasteiger partial charge is 0.465 e. The molecule has 10 heteroatoms. The van der Waals surface area contributed by atoms with Crippen molar-refractivity contribution in [2.45, 2.75) is 38.6 Å². The summed E-state index contributed by atoms with van der Waals surface area (Å²) in [6, 6.07) is 7.62. The van der Waals surface area contributed by atoms with Gasteiger partial charge in [0.25, 0.3) is 0 Å². The predicted octanol–water partition coefficient (Wildman–Crippen LogP) is 2.74. The maximum atomic E-state index is 14.1. The lowest BCUT2D eigenvalue weighted by molar-refractivity contribution is -0.0222. The number of esters is 1. The number of halogens is 1. The number of carbonyl (C=O) groups excluding carboxylic acids is 1. The highest BCUT2D eigenvalue weighted by molar-refractivity contribution is 5.93. The number of fused-ring (bicyclic) bond motifs is 2. The average Bonchev–Trinajstić information content (AvgIpc) is 3.25. The standard InChI is InChI=1S/C27H29FN4O5/c1-15-18(5-6-23(28)21(15)9-29)24-12-31-8-7-30(10-17(31)11-32(24)27(35)36)13-25(33)19-3-4-20-22(16(19)2)14-37-26(20)34/h3-6,17,24-25,33H,7-8,10-14H2,1-2H3,(H,35,36). The monoisotopic (exact) mass is 508 g/mol. The molecule has 3 unspecified atom stereocenters. The Labute approximate surface area is 214 Å². The lowest BCUT2D eigenvalue weighted by Gasteiger charge is -2.50. The number of benzene rings is 2. The molecule has 0 saturated carbocycles. The Morgan fingerprint density at radius 1 is 1.19 bits per heavy atom. The summed E-state index contributed by atoms with van der Waals surface area (Å²) < 4.78 is 19.2. The molecule has 0 radical (unpaired) electrons. The van der Waals surface area contributed by atoms with Crippen molar-refractivity contribution in [3.05, 3.63) is 69.0 Å². The van der Waals surface area contributed by atoms with Crippen molar-refractivity contribution in [1.29, 1.82) is 5.26 Å². The molecule has 3 heterocycles. The first-order chi connectivity index (χ1) is 17.7. The lowest BCUT2D eigenvalue weighted by Crippen LogP contribution is -2.63. The van der Waals surface area contributed by atoms with Gasteiger partial charge >= 0.3 is 12.1 Å². The number of nitrogens with zero attached hydrogens (tertiary/aromatic N) is 4. The zero-order valence-corrected chi connectivity index (χ0v) is 20.8. The van der Waals surface area contributed by atoms with E-state index in [0.29, 0.717) is 49.4 Å². The van der Waals surface area contributed by atoms with Crippen LogP contribution in [0.2, 0.25) is 0 Å². The van der Waals surface area contributed by atoms with E-state index in [2.05, 4.69) is 9.80 Å². The van der Waals surface area contributed by atoms with Gasteiger partial charge in [-0.25, -0.2) is 14.0 Å². The second-order valence-corrected chi connectivity index (χ2v) is 10.0. The van der Waals surface area contributed by atoms with E-state index in [9.17, 15) is 29.5 Å². The summed E-state index contributed by atoms with van der Waals surface area (Å²) >= 11 is 0. The topological polar surface area (TPSA) is 117 Å². The van der Waals surface area contributed by atoms with Gasteiger partial charge in [0.1, 0.15) is 18.5 Å². The zero-order chi connectivity index (χ0) is 26.4. The molecule has 3 aliphatic rings. The number of carboxylic acid groups (broad SMARTS) is 1. The number of piperazine rings is 2. The number of aliphatic hydroxyl groups is 1. The molecule has 2 aromatic rings. The van der Waals surface area contributed by atoms with Crippen molar-refractivity contribution in [2.24, 2.45) is 0 Å². The average molecular weight is 509 g/mol. The first kappa shape index (κ1) is 25.1. The van der Waals surface area contributed by atoms with E-state index < -0.39 is 24.1 Å². The minimum Gasteiger partial charge on any atom is -0.465 e. The fourth-order valence-corrected chi connectivity index (χ4v) is 5.95. The molecule has 2 saturated heterocycles. The predicted molar refractivity (Wildman–Crippen MR) is 130 cm³/mol. The highest BCUT2D eigenvalue weighted by atomic mass is 19.1. The van der Waals surface area contributed by atoms with Crippen molar-refractivity contribution in [1.82, 2.24) is 14.7 Å². The van der Waals surface area contributed by atoms with E-state index in [4.69, 9.17) is 4.74 Å². The summed E-state index contributed by atoms with van der Waals surface area (Å²) in [4.78, 5) is 29.8. The molecule has 5 rings (SSSR count). The highest BCUT2D eigenvalue weighted by Gasteiger charge is 2.41. The molecule has 0 bridgehead atoms. The minimum atomic E-state index is -1.06. The van der Waals surface area contributed by atoms with E-state index >= 15 is 0 Å². The van der Waals surface area contributed by atoms with Crippen LogP contribution in [0.3, 0.4) is 0 Å². The van der Waals surface area contributed by atoms with E-state index in [1.807, 2.05) is 13.0 Å². The molecule has 1 amide bonds. The number of nitriles is 1. The number of β-amino-alcohol motifs (C(OH)–C–C–N with tert-alkyl or cyclic N) is 1. The van der Waals surface area contributed by atoms with Crippen LogP contribution in [0.5, 0.6) is 0 Å². The van der Waals surface area contributed by atoms with Gasteiger partial charge in [-0.15, -0.1) is 0 Å². The van der Waals surface area contributed by atoms with E-state index in [1.165, 1.54) is 11.0 Å². The maximum Gasteiger partial charge on any atom is 0.407 e. The summed E-state index contributed by atoms with van der Waals surface area (Å²) in [6.07, 6.45) is -1.82. The van der Waals surface area contributed by atoms with E-state index in [-0.39, 0.29) is 30.7 Å². The summed E-state index contributed by atoms with van der Waals surface area (Å²) in [5, 5.41) is 30.4. The van der Waals surface area contributed by atoms with Gasteiger partial charge in [-0.05, 0) is 48.2 Å². The number of carbonyl (C=O) groups is 2. The second kappa shape index (κ2) is 9.74. The van der Waals surface area contributed by atoms with Crippen LogP contribution in [0.15, 0.2) is 24.3 Å². The molecular weight excluding hydrogens is 479 g/mol. The van der Waals surface area contributed by atoms with Gasteiger partial charge < -0.3 is 14.9 Å². The van der Waals surface area contributed by atoms with Crippen molar-refractivity contribution in [2.75, 3.05) is 39.3 Å². The number of hydrogen-bond donors (Lipinski definition) is 2. The van der Waals surface area contributed by atoms with Crippen LogP contribution in [-0.2, 0) is 11.3 Å². The molecule has 2 aromatic carbocycles. The van der Waals surface area contributed by atoms with Crippen LogP contribution in [0.4, 0.5) is 9.18 Å². The van der Waals surface area contributed by atoms with Crippen LogP contribution in [0, 0.1) is 31.0 Å². The Bertz CT molecular complexity index is 1310. The molecular formula is C27H29FN4O5. The lowest BCUT2D eigenvalue weighted by atomic mass is 9.92. The smallest absolute Gasteiger partial charge is 0.407 e. The molecule has 3 atom stereocenters. The molecule has 0 aromatic heterocycles. The van der Waals surface area contributed by atoms with Crippen LogP contribution in [0.25, 0.3) is 0 Å². The molecule has 2 N–H and O–H groups in total. The van der Waals surface area contributed by atoms with Crippen molar-refractivity contribution in [3.8, 4) is 6.07 Å². The van der Waals surface area contributed by atoms with Crippen LogP contribution in [0.1, 0.15) is 55.9 Å². The Morgan fingerprint density at radius 2 is 1.97 bits per heavy atom. The molecule has 2 fully saturated rings. The first-order valence-electron chi connectivity index (χ1n) is 12.3. The number of amides is 1. The third-order valence-electron chi connectivity index (χ3n) is 8.05. The van der Waals surface area contributed by atoms with E-state index in [0.717, 1.165) is 16.7 Å². The summed E-state index contributed by atoms with van der Waals surface area (Å²) in [6.45, 7) is 6.85. The van der Waals surface area contributed by atoms with E-state index in [1.54, 1.807) is 25.1 Å². The SMILES string of the molecule is Cc1c(C2CN3CCN(CC(O)c4ccc5c(c4C)COC5=O)CC3CN2C(=O)O)ccc(F)c1C#N. The molecule has 194 valence electrons. The molecule has 9 nitrogen and oxygen atoms in total. The third kappa shape index (κ3) is 4.44. The third-order valence-corrected chi connectivity index (χ3v) is 8.05. The maximum absolute atomic E-state index is 14.1. The minimum absolute atomic E-state index is 0.0541. The van der Waals surface area contributed by atoms with Gasteiger partial charge in [0.05, 0.1) is 23.3 Å². The Morgan fingerprint density at radius 3 is 2.70 bits per heavy atom. The van der Waals surface area contributed by atoms with Crippen LogP contribution in [-0.4, -0.2) is 82.3 Å². The number of hydrogen-bond acceptors (Lipinski definition) is 7. The van der Waals surface area contributed by atoms with Gasteiger partial charge in [-0.3, -0.25) is 14.7 Å². The Hall–Kier alpha value is -3.52. The van der Waals surface area contributed by atoms with Gasteiger partial charge in [-0.1, -0.05) is 12.1 Å². The normalized spacial score (nSPS) is 22.7. The molecule has 0 spiro atoms. The molecule has 37 heavy (non-hydrogen) atoms. The number of cyclic esters (lactones) is 1. The molecule has 3 aliphatic heterocycles. The summed E-state index contributed by atoms with van der Waals surface area (Å²) in [7, 11) is 0. The number of aliphatic hydroxyl groups excluding tert-OH is 1. The van der Waals surface area contributed by atoms with Gasteiger partial charge in [0.15, 0.2) is 0 Å². The first-order valence-corrected chi connectivity index (χ1v) is 12.3. The van der Waals surface area contributed by atoms with Crippen molar-refractivity contribution < 1.29 is 28.9 Å². The summed E-state index contributed by atoms with van der Waals surface area (Å²) in [5.41, 5.74) is 4.04. The number of ether oxygens (including phenoxy) is 1. The van der Waals surface area contributed by atoms with Gasteiger partial charge in [0.2, 0.25) is 0 Å². The molecule has 0 aliphatic carbocycles. The fourth-order valence-electron chi connectivity index (χ4n) is 5.95. The van der Waals surface area contributed by atoms with Crippen LogP contribution < -0.4 is 0 Å². The van der Waals surface area contributed by atoms with Crippen LogP contribution >= 0.6 is 0 Å². The van der Waals surface area contributed by atoms with Crippen molar-refractivity contribution >= 4 is 12.1 Å². The van der Waals surface area contributed by atoms with Gasteiger partial charge in [-0.2, -0.15) is 5.26 Å². The highest BCUT2D eigenvalue weighted by Crippen LogP contribution is 2.34. The number of rotatable bonds is 4. The second-order valence-electron chi connectivity index (χ2n) is 10.0. The fraction of sp³-hybridized carbons (Fsp3) is 0.444. The van der Waals surface area contributed by atoms with Crippen molar-refractivity contribution in [3.63, 3.8) is 0 Å². The van der Waals surface area contributed by atoms with Gasteiger partial charge in [0, 0.05) is 50.9 Å².